The van der Waals surface area contributed by atoms with Gasteiger partial charge in [0.15, 0.2) is 6.04 Å². The molecule has 4 heteroatoms. The van der Waals surface area contributed by atoms with Gasteiger partial charge in [-0.15, -0.1) is 0 Å². The van der Waals surface area contributed by atoms with Crippen molar-refractivity contribution >= 4 is 0 Å². The average Bonchev–Trinajstić information content (AvgIpc) is 2.53. The second kappa shape index (κ2) is 6.02. The first kappa shape index (κ1) is 13.7. The van der Waals surface area contributed by atoms with Gasteiger partial charge in [0.05, 0.1) is 32.9 Å². The van der Waals surface area contributed by atoms with Gasteiger partial charge in [-0.05, 0) is 25.3 Å². The van der Waals surface area contributed by atoms with Gasteiger partial charge < -0.3 is 19.7 Å². The highest BCUT2D eigenvalue weighted by Crippen LogP contribution is 2.33. The van der Waals surface area contributed by atoms with Gasteiger partial charge in [-0.25, -0.2) is 0 Å². The Morgan fingerprint density at radius 1 is 1.10 bits per heavy atom. The van der Waals surface area contributed by atoms with Gasteiger partial charge in [-0.3, -0.25) is 0 Å². The largest absolute Gasteiger partial charge is 0.497 e. The fourth-order valence-corrected chi connectivity index (χ4v) is 3.76. The van der Waals surface area contributed by atoms with E-state index in [9.17, 15) is 0 Å². The number of ether oxygens (including phenoxy) is 2. The van der Waals surface area contributed by atoms with Crippen molar-refractivity contribution in [2.75, 3.05) is 33.9 Å². The van der Waals surface area contributed by atoms with Gasteiger partial charge in [0, 0.05) is 11.6 Å². The second-order valence-corrected chi connectivity index (χ2v) is 5.90. The Hall–Kier alpha value is -1.26. The molecule has 1 saturated heterocycles. The van der Waals surface area contributed by atoms with Crippen LogP contribution < -0.4 is 19.7 Å². The molecule has 3 rings (SSSR count). The Kier molecular flexibility index (Phi) is 4.13. The lowest BCUT2D eigenvalue weighted by molar-refractivity contribution is -0.952. The lowest BCUT2D eigenvalue weighted by Gasteiger charge is -2.34. The van der Waals surface area contributed by atoms with Crippen LogP contribution in [0.15, 0.2) is 12.1 Å². The van der Waals surface area contributed by atoms with Crippen molar-refractivity contribution in [1.82, 2.24) is 0 Å². The maximum atomic E-state index is 5.67. The predicted octanol–water partition coefficient (Wildman–Crippen LogP) is -0.109. The molecular weight excluding hydrogens is 252 g/mol. The van der Waals surface area contributed by atoms with Crippen LogP contribution in [0.3, 0.4) is 0 Å². The molecule has 4 nitrogen and oxygen atoms in total. The number of piperidine rings is 1. The van der Waals surface area contributed by atoms with E-state index < -0.39 is 0 Å². The van der Waals surface area contributed by atoms with Crippen LogP contribution in [0.5, 0.6) is 11.5 Å². The van der Waals surface area contributed by atoms with Crippen molar-refractivity contribution in [3.63, 3.8) is 0 Å². The van der Waals surface area contributed by atoms with Crippen molar-refractivity contribution in [2.24, 2.45) is 0 Å². The topological polar surface area (TPSA) is 39.5 Å². The zero-order valence-corrected chi connectivity index (χ0v) is 12.6. The first-order valence-electron chi connectivity index (χ1n) is 7.74. The number of nitrogens with two attached hydrogens (primary N) is 1. The van der Waals surface area contributed by atoms with Gasteiger partial charge >= 0.3 is 0 Å². The number of nitrogens with one attached hydrogen (secondary N) is 1. The van der Waals surface area contributed by atoms with E-state index in [-0.39, 0.29) is 0 Å². The normalized spacial score (nSPS) is 23.2. The van der Waals surface area contributed by atoms with Crippen LogP contribution in [-0.4, -0.2) is 33.9 Å². The van der Waals surface area contributed by atoms with Crippen LogP contribution in [0.1, 0.15) is 36.4 Å². The molecule has 1 aromatic carbocycles. The second-order valence-electron chi connectivity index (χ2n) is 5.90. The zero-order valence-electron chi connectivity index (χ0n) is 12.6. The molecule has 0 bridgehead atoms. The van der Waals surface area contributed by atoms with E-state index in [2.05, 4.69) is 11.4 Å². The molecule has 1 atom stereocenters. The molecule has 3 N–H and O–H groups in total. The summed E-state index contributed by atoms with van der Waals surface area (Å²) < 4.78 is 11.1. The monoisotopic (exact) mass is 278 g/mol. The van der Waals surface area contributed by atoms with E-state index in [1.54, 1.807) is 19.1 Å². The molecule has 2 aliphatic heterocycles. The Morgan fingerprint density at radius 2 is 1.90 bits per heavy atom. The molecule has 2 aliphatic rings. The number of hydrogen-bond donors (Lipinski definition) is 2. The van der Waals surface area contributed by atoms with Gasteiger partial charge in [0.25, 0.3) is 0 Å². The number of methoxy groups -OCH3 is 2. The molecule has 0 aromatic heterocycles. The Labute approximate surface area is 121 Å². The number of benzene rings is 1. The van der Waals surface area contributed by atoms with Crippen LogP contribution in [-0.2, 0) is 6.54 Å². The first-order chi connectivity index (χ1) is 9.83. The van der Waals surface area contributed by atoms with Crippen LogP contribution >= 0.6 is 0 Å². The Morgan fingerprint density at radius 3 is 2.60 bits per heavy atom. The highest BCUT2D eigenvalue weighted by atomic mass is 16.5. The van der Waals surface area contributed by atoms with E-state index in [1.165, 1.54) is 50.0 Å². The quantitative estimate of drug-likeness (QED) is 0.810. The van der Waals surface area contributed by atoms with Crippen molar-refractivity contribution in [1.29, 1.82) is 0 Å². The minimum absolute atomic E-state index is 0.569. The van der Waals surface area contributed by atoms with E-state index in [1.807, 2.05) is 6.07 Å². The van der Waals surface area contributed by atoms with Crippen molar-refractivity contribution < 1.29 is 19.7 Å². The molecule has 0 aliphatic carbocycles. The lowest BCUT2D eigenvalue weighted by Crippen LogP contribution is -3.16. The van der Waals surface area contributed by atoms with E-state index in [0.29, 0.717) is 6.04 Å². The molecule has 1 aromatic rings. The van der Waals surface area contributed by atoms with E-state index in [4.69, 9.17) is 9.47 Å². The summed E-state index contributed by atoms with van der Waals surface area (Å²) in [7, 11) is 3.50. The minimum atomic E-state index is 0.569. The number of hydrogen-bond acceptors (Lipinski definition) is 2. The van der Waals surface area contributed by atoms with Crippen molar-refractivity contribution in [3.05, 3.63) is 23.3 Å². The lowest BCUT2D eigenvalue weighted by atomic mass is 9.92. The third kappa shape index (κ3) is 2.50. The van der Waals surface area contributed by atoms with Gasteiger partial charge in [0.1, 0.15) is 24.6 Å². The highest BCUT2D eigenvalue weighted by molar-refractivity contribution is 5.48. The third-order valence-electron chi connectivity index (χ3n) is 4.76. The number of fused-ring (bicyclic) bond motifs is 1. The summed E-state index contributed by atoms with van der Waals surface area (Å²) >= 11 is 0. The SMILES string of the molecule is COc1cc2c(c(OC)c1)[C@@H]([NH+]1CCCCC1)C[NH2+]C2. The molecule has 0 spiro atoms. The van der Waals surface area contributed by atoms with Crippen molar-refractivity contribution in [3.8, 4) is 11.5 Å². The Bertz CT molecular complexity index is 453. The molecule has 110 valence electrons. The Balaban J connectivity index is 1.97. The molecule has 0 unspecified atom stereocenters. The minimum Gasteiger partial charge on any atom is -0.497 e. The maximum Gasteiger partial charge on any atom is 0.167 e. The zero-order chi connectivity index (χ0) is 13.9. The summed E-state index contributed by atoms with van der Waals surface area (Å²) in [6.45, 7) is 4.80. The summed E-state index contributed by atoms with van der Waals surface area (Å²) in [6.07, 6.45) is 4.12. The molecule has 20 heavy (non-hydrogen) atoms. The number of rotatable bonds is 3. The van der Waals surface area contributed by atoms with Crippen molar-refractivity contribution in [2.45, 2.75) is 31.8 Å². The summed E-state index contributed by atoms with van der Waals surface area (Å²) in [5.41, 5.74) is 2.81. The summed E-state index contributed by atoms with van der Waals surface area (Å²) in [5.74, 6) is 1.92. The maximum absolute atomic E-state index is 5.67. The molecule has 1 fully saturated rings. The van der Waals surface area contributed by atoms with Gasteiger partial charge in [0.2, 0.25) is 0 Å². The molecular formula is C16H26N2O2+2. The first-order valence-corrected chi connectivity index (χ1v) is 7.74. The summed E-state index contributed by atoms with van der Waals surface area (Å²) in [6, 6.07) is 4.80. The predicted molar refractivity (Wildman–Crippen MR) is 77.3 cm³/mol. The number of quaternary nitrogens is 2. The number of likely N-dealkylation sites (tertiary alicyclic amines) is 1. The fourth-order valence-electron chi connectivity index (χ4n) is 3.76. The molecule has 0 radical (unpaired) electrons. The highest BCUT2D eigenvalue weighted by Gasteiger charge is 2.35. The fraction of sp³-hybridized carbons (Fsp3) is 0.625. The molecule has 2 heterocycles. The smallest absolute Gasteiger partial charge is 0.167 e. The third-order valence-corrected chi connectivity index (χ3v) is 4.76. The van der Waals surface area contributed by atoms with Gasteiger partial charge in [-0.1, -0.05) is 0 Å². The van der Waals surface area contributed by atoms with Crippen LogP contribution in [0.2, 0.25) is 0 Å². The van der Waals surface area contributed by atoms with Crippen LogP contribution in [0.4, 0.5) is 0 Å². The average molecular weight is 278 g/mol. The molecule has 0 saturated carbocycles. The van der Waals surface area contributed by atoms with E-state index >= 15 is 0 Å². The van der Waals surface area contributed by atoms with Crippen LogP contribution in [0.25, 0.3) is 0 Å². The van der Waals surface area contributed by atoms with E-state index in [0.717, 1.165) is 18.0 Å². The summed E-state index contributed by atoms with van der Waals surface area (Å²) in [4.78, 5) is 1.73. The molecule has 0 amide bonds. The van der Waals surface area contributed by atoms with Crippen LogP contribution in [0, 0.1) is 0 Å². The standard InChI is InChI=1S/C16H24N2O2/c1-19-13-8-12-10-17-11-14(16(12)15(9-13)20-2)18-6-4-3-5-7-18/h8-9,14,17H,3-7,10-11H2,1-2H3/p+2/t14-/m0/s1. The summed E-state index contributed by atoms with van der Waals surface area (Å²) in [5, 5.41) is 2.42. The van der Waals surface area contributed by atoms with Gasteiger partial charge in [-0.2, -0.15) is 0 Å².